The van der Waals surface area contributed by atoms with Crippen LogP contribution >= 0.6 is 0 Å². The monoisotopic (exact) mass is 330 g/mol. The Kier molecular flexibility index (Phi) is 5.31. The number of benzene rings is 1. The van der Waals surface area contributed by atoms with Crippen molar-refractivity contribution < 1.29 is 14.3 Å². The summed E-state index contributed by atoms with van der Waals surface area (Å²) in [6, 6.07) is 10.1. The maximum atomic E-state index is 12.4. The normalized spacial score (nSPS) is 21.5. The molecule has 5 nitrogen and oxygen atoms in total. The third-order valence-corrected chi connectivity index (χ3v) is 5.43. The van der Waals surface area contributed by atoms with Gasteiger partial charge < -0.3 is 9.64 Å². The summed E-state index contributed by atoms with van der Waals surface area (Å²) < 4.78 is 5.30. The molecule has 3 rings (SSSR count). The SMILES string of the molecule is CC(=O)C1(c2ccccc2)CCN(CC(=O)N2CCOCC2)CC1. The number of morpholine rings is 1. The second-order valence-corrected chi connectivity index (χ2v) is 6.77. The lowest BCUT2D eigenvalue weighted by molar-refractivity contribution is -0.137. The van der Waals surface area contributed by atoms with E-state index in [1.807, 2.05) is 23.1 Å². The maximum absolute atomic E-state index is 12.4. The highest BCUT2D eigenvalue weighted by Crippen LogP contribution is 2.36. The molecule has 0 unspecified atom stereocenters. The van der Waals surface area contributed by atoms with E-state index in [9.17, 15) is 9.59 Å². The van der Waals surface area contributed by atoms with Gasteiger partial charge in [-0.3, -0.25) is 14.5 Å². The van der Waals surface area contributed by atoms with Gasteiger partial charge in [-0.25, -0.2) is 0 Å². The summed E-state index contributed by atoms with van der Waals surface area (Å²) in [7, 11) is 0. The van der Waals surface area contributed by atoms with E-state index >= 15 is 0 Å². The first-order chi connectivity index (χ1) is 11.6. The van der Waals surface area contributed by atoms with Gasteiger partial charge in [0.2, 0.25) is 5.91 Å². The molecule has 2 fully saturated rings. The van der Waals surface area contributed by atoms with Gasteiger partial charge in [0.05, 0.1) is 25.2 Å². The molecule has 0 N–H and O–H groups in total. The van der Waals surface area contributed by atoms with Crippen molar-refractivity contribution >= 4 is 11.7 Å². The molecular formula is C19H26N2O3. The number of carbonyl (C=O) groups excluding carboxylic acids is 2. The first-order valence-corrected chi connectivity index (χ1v) is 8.76. The van der Waals surface area contributed by atoms with Crippen LogP contribution in [-0.4, -0.2) is 67.4 Å². The smallest absolute Gasteiger partial charge is 0.236 e. The van der Waals surface area contributed by atoms with Crippen LogP contribution in [0.4, 0.5) is 0 Å². The van der Waals surface area contributed by atoms with Gasteiger partial charge in [0, 0.05) is 13.1 Å². The van der Waals surface area contributed by atoms with Crippen molar-refractivity contribution in [3.8, 4) is 0 Å². The number of rotatable bonds is 4. The van der Waals surface area contributed by atoms with Crippen LogP contribution in [0, 0.1) is 0 Å². The zero-order valence-electron chi connectivity index (χ0n) is 14.4. The van der Waals surface area contributed by atoms with E-state index < -0.39 is 0 Å². The Labute approximate surface area is 143 Å². The van der Waals surface area contributed by atoms with Gasteiger partial charge in [-0.2, -0.15) is 0 Å². The lowest BCUT2D eigenvalue weighted by Crippen LogP contribution is -2.51. The van der Waals surface area contributed by atoms with Crippen LogP contribution < -0.4 is 0 Å². The van der Waals surface area contributed by atoms with E-state index in [1.54, 1.807) is 6.92 Å². The highest BCUT2D eigenvalue weighted by atomic mass is 16.5. The van der Waals surface area contributed by atoms with E-state index in [-0.39, 0.29) is 17.1 Å². The summed E-state index contributed by atoms with van der Waals surface area (Å²) in [5.41, 5.74) is 0.719. The quantitative estimate of drug-likeness (QED) is 0.839. The van der Waals surface area contributed by atoms with Crippen LogP contribution in [0.3, 0.4) is 0 Å². The van der Waals surface area contributed by atoms with Gasteiger partial charge in [0.15, 0.2) is 0 Å². The Balaban J connectivity index is 1.61. The Morgan fingerprint density at radius 1 is 1.04 bits per heavy atom. The maximum Gasteiger partial charge on any atom is 0.236 e. The lowest BCUT2D eigenvalue weighted by Gasteiger charge is -2.41. The minimum Gasteiger partial charge on any atom is -0.378 e. The van der Waals surface area contributed by atoms with E-state index in [2.05, 4.69) is 17.0 Å². The number of piperidine rings is 1. The third-order valence-electron chi connectivity index (χ3n) is 5.43. The van der Waals surface area contributed by atoms with Gasteiger partial charge >= 0.3 is 0 Å². The molecular weight excluding hydrogens is 304 g/mol. The predicted octanol–water partition coefficient (Wildman–Crippen LogP) is 1.47. The number of ether oxygens (including phenoxy) is 1. The summed E-state index contributed by atoms with van der Waals surface area (Å²) >= 11 is 0. The van der Waals surface area contributed by atoms with E-state index in [1.165, 1.54) is 0 Å². The summed E-state index contributed by atoms with van der Waals surface area (Å²) in [5.74, 6) is 0.404. The van der Waals surface area contributed by atoms with Crippen molar-refractivity contribution in [2.45, 2.75) is 25.2 Å². The second kappa shape index (κ2) is 7.45. The fourth-order valence-electron chi connectivity index (χ4n) is 3.80. The lowest BCUT2D eigenvalue weighted by atomic mass is 9.70. The average molecular weight is 330 g/mol. The van der Waals surface area contributed by atoms with Crippen LogP contribution in [-0.2, 0) is 19.7 Å². The molecule has 130 valence electrons. The van der Waals surface area contributed by atoms with Gasteiger partial charge in [-0.15, -0.1) is 0 Å². The Hall–Kier alpha value is -1.72. The zero-order chi connectivity index (χ0) is 17.0. The van der Waals surface area contributed by atoms with Gasteiger partial charge in [-0.05, 0) is 38.4 Å². The zero-order valence-corrected chi connectivity index (χ0v) is 14.4. The summed E-state index contributed by atoms with van der Waals surface area (Å²) in [5, 5.41) is 0. The van der Waals surface area contributed by atoms with Crippen LogP contribution in [0.5, 0.6) is 0 Å². The number of carbonyl (C=O) groups is 2. The molecule has 0 radical (unpaired) electrons. The molecule has 0 atom stereocenters. The van der Waals surface area contributed by atoms with Gasteiger partial charge in [0.1, 0.15) is 5.78 Å². The molecule has 0 saturated carbocycles. The number of amides is 1. The molecule has 2 aliphatic heterocycles. The molecule has 0 aliphatic carbocycles. The second-order valence-electron chi connectivity index (χ2n) is 6.77. The fraction of sp³-hybridized carbons (Fsp3) is 0.579. The molecule has 24 heavy (non-hydrogen) atoms. The predicted molar refractivity (Wildman–Crippen MR) is 91.9 cm³/mol. The van der Waals surface area contributed by atoms with E-state index in [4.69, 9.17) is 4.74 Å². The summed E-state index contributed by atoms with van der Waals surface area (Å²) in [6.07, 6.45) is 1.56. The van der Waals surface area contributed by atoms with Gasteiger partial charge in [0.25, 0.3) is 0 Å². The number of hydrogen-bond acceptors (Lipinski definition) is 4. The Morgan fingerprint density at radius 2 is 1.67 bits per heavy atom. The average Bonchev–Trinajstić information content (AvgIpc) is 2.63. The third kappa shape index (κ3) is 3.52. The highest BCUT2D eigenvalue weighted by Gasteiger charge is 2.40. The Morgan fingerprint density at radius 3 is 2.25 bits per heavy atom. The number of Topliss-reactive ketones (excluding diaryl/α,β-unsaturated/α-hetero) is 1. The Bertz CT molecular complexity index is 574. The van der Waals surface area contributed by atoms with Crippen molar-refractivity contribution in [3.63, 3.8) is 0 Å². The molecule has 1 aromatic carbocycles. The number of ketones is 1. The minimum absolute atomic E-state index is 0.174. The molecule has 0 aromatic heterocycles. The molecule has 2 heterocycles. The molecule has 0 bridgehead atoms. The van der Waals surface area contributed by atoms with Crippen molar-refractivity contribution in [2.75, 3.05) is 45.9 Å². The van der Waals surface area contributed by atoms with Crippen LogP contribution in [0.1, 0.15) is 25.3 Å². The topological polar surface area (TPSA) is 49.9 Å². The van der Waals surface area contributed by atoms with Crippen molar-refractivity contribution in [2.24, 2.45) is 0 Å². The first kappa shape index (κ1) is 17.1. The first-order valence-electron chi connectivity index (χ1n) is 8.76. The fourth-order valence-corrected chi connectivity index (χ4v) is 3.80. The number of nitrogens with zero attached hydrogens (tertiary/aromatic N) is 2. The van der Waals surface area contributed by atoms with E-state index in [0.29, 0.717) is 32.8 Å². The van der Waals surface area contributed by atoms with Gasteiger partial charge in [-0.1, -0.05) is 30.3 Å². The number of likely N-dealkylation sites (tertiary alicyclic amines) is 1. The molecule has 0 spiro atoms. The highest BCUT2D eigenvalue weighted by molar-refractivity contribution is 5.88. The summed E-state index contributed by atoms with van der Waals surface area (Å²) in [6.45, 7) is 6.35. The molecule has 2 aliphatic rings. The minimum atomic E-state index is -0.389. The standard InChI is InChI=1S/C19H26N2O3/c1-16(22)19(17-5-3-2-4-6-17)7-9-20(10-8-19)15-18(23)21-11-13-24-14-12-21/h2-6H,7-15H2,1H3. The molecule has 5 heteroatoms. The van der Waals surface area contributed by atoms with Crippen LogP contribution in [0.2, 0.25) is 0 Å². The van der Waals surface area contributed by atoms with E-state index in [0.717, 1.165) is 31.5 Å². The van der Waals surface area contributed by atoms with Crippen LogP contribution in [0.15, 0.2) is 30.3 Å². The van der Waals surface area contributed by atoms with Crippen molar-refractivity contribution in [3.05, 3.63) is 35.9 Å². The van der Waals surface area contributed by atoms with Crippen molar-refractivity contribution in [1.29, 1.82) is 0 Å². The van der Waals surface area contributed by atoms with Crippen molar-refractivity contribution in [1.82, 2.24) is 9.80 Å². The van der Waals surface area contributed by atoms with Crippen LogP contribution in [0.25, 0.3) is 0 Å². The largest absolute Gasteiger partial charge is 0.378 e. The molecule has 1 aromatic rings. The number of hydrogen-bond donors (Lipinski definition) is 0. The molecule has 2 saturated heterocycles. The summed E-state index contributed by atoms with van der Waals surface area (Å²) in [4.78, 5) is 28.8. The molecule has 1 amide bonds.